The summed E-state index contributed by atoms with van der Waals surface area (Å²) in [6.45, 7) is 3.66. The molecule has 4 heteroatoms. The van der Waals surface area contributed by atoms with E-state index in [-0.39, 0.29) is 5.82 Å². The topological polar surface area (TPSA) is 41.6 Å². The Kier molecular flexibility index (Phi) is 6.31. The maximum absolute atomic E-state index is 11.9. The second kappa shape index (κ2) is 8.04. The summed E-state index contributed by atoms with van der Waals surface area (Å²) in [5.74, 6) is -0.178. The van der Waals surface area contributed by atoms with Crippen LogP contribution in [0.1, 0.15) is 32.0 Å². The smallest absolute Gasteiger partial charge is 0.123 e. The number of benzene rings is 1. The first kappa shape index (κ1) is 14.9. The van der Waals surface area contributed by atoms with Gasteiger partial charge in [-0.1, -0.05) is 18.2 Å². The van der Waals surface area contributed by atoms with Gasteiger partial charge in [0.15, 0.2) is 0 Å². The van der Waals surface area contributed by atoms with Gasteiger partial charge in [-0.3, -0.25) is 0 Å². The number of imidazole rings is 1. The molecule has 0 amide bonds. The fourth-order valence-electron chi connectivity index (χ4n) is 1.83. The number of nitrogens with zero attached hydrogens (tertiary/aromatic N) is 3. The van der Waals surface area contributed by atoms with Crippen LogP contribution in [0.4, 0.5) is 4.39 Å². The van der Waals surface area contributed by atoms with Crippen LogP contribution in [-0.2, 0) is 6.42 Å². The molecule has 1 aliphatic heterocycles. The van der Waals surface area contributed by atoms with Crippen LogP contribution in [0.2, 0.25) is 0 Å². The van der Waals surface area contributed by atoms with E-state index in [1.165, 1.54) is 37.6 Å². The Morgan fingerprint density at radius 3 is 2.47 bits per heavy atom. The lowest BCUT2D eigenvalue weighted by Crippen LogP contribution is -1.95. The number of rotatable bonds is 0. The molecule has 100 valence electrons. The van der Waals surface area contributed by atoms with Crippen molar-refractivity contribution >= 4 is 0 Å². The van der Waals surface area contributed by atoms with Crippen molar-refractivity contribution in [2.24, 2.45) is 0 Å². The van der Waals surface area contributed by atoms with Crippen LogP contribution in [0.15, 0.2) is 42.9 Å². The van der Waals surface area contributed by atoms with Gasteiger partial charge in [0.2, 0.25) is 0 Å². The number of hydrogen-bond acceptors (Lipinski definition) is 2. The fraction of sp³-hybridized carbons (Fsp3) is 0.333. The third-order valence-corrected chi connectivity index (χ3v) is 2.77. The number of halogens is 1. The van der Waals surface area contributed by atoms with E-state index < -0.39 is 0 Å². The highest BCUT2D eigenvalue weighted by Gasteiger charge is 2.16. The van der Waals surface area contributed by atoms with Gasteiger partial charge in [-0.2, -0.15) is 5.26 Å². The van der Waals surface area contributed by atoms with Crippen molar-refractivity contribution in [2.75, 3.05) is 0 Å². The minimum Gasteiger partial charge on any atom is -0.332 e. The molecular weight excluding hydrogens is 241 g/mol. The Hall–Kier alpha value is -2.15. The third-order valence-electron chi connectivity index (χ3n) is 2.77. The zero-order valence-electron chi connectivity index (χ0n) is 11.3. The van der Waals surface area contributed by atoms with E-state index in [0.717, 1.165) is 0 Å². The zero-order chi connectivity index (χ0) is 14.1. The van der Waals surface area contributed by atoms with Crippen molar-refractivity contribution in [1.29, 1.82) is 5.26 Å². The van der Waals surface area contributed by atoms with E-state index >= 15 is 0 Å². The second-order valence-corrected chi connectivity index (χ2v) is 4.20. The summed E-state index contributed by atoms with van der Waals surface area (Å²) in [5.41, 5.74) is 1.39. The van der Waals surface area contributed by atoms with E-state index in [0.29, 0.717) is 6.04 Å². The number of aryl methyl sites for hydroxylation is 1. The largest absolute Gasteiger partial charge is 0.332 e. The van der Waals surface area contributed by atoms with Gasteiger partial charge in [0, 0.05) is 24.9 Å². The van der Waals surface area contributed by atoms with Crippen LogP contribution in [0.25, 0.3) is 0 Å². The summed E-state index contributed by atoms with van der Waals surface area (Å²) in [7, 11) is 0. The van der Waals surface area contributed by atoms with Crippen molar-refractivity contribution in [3.8, 4) is 6.07 Å². The Labute approximate surface area is 113 Å². The van der Waals surface area contributed by atoms with Gasteiger partial charge in [-0.25, -0.2) is 9.37 Å². The van der Waals surface area contributed by atoms with Crippen LogP contribution < -0.4 is 0 Å². The highest BCUT2D eigenvalue weighted by atomic mass is 19.1. The zero-order valence-corrected chi connectivity index (χ0v) is 11.3. The van der Waals surface area contributed by atoms with E-state index in [4.69, 9.17) is 5.26 Å². The van der Waals surface area contributed by atoms with E-state index in [1.54, 1.807) is 24.3 Å². The molecule has 0 radical (unpaired) electrons. The standard InChI is InChI=1S/C7H10N2.C6H5F.C2H3N/c1-6-2-3-7-4-8-5-9(6)7;7-6-4-2-1-3-5-6;1-2-3/h4-6H,2-3H2,1H3;1-5H;1H3. The fourth-order valence-corrected chi connectivity index (χ4v) is 1.83. The van der Waals surface area contributed by atoms with Crippen molar-refractivity contribution < 1.29 is 4.39 Å². The Morgan fingerprint density at radius 2 is 2.00 bits per heavy atom. The van der Waals surface area contributed by atoms with Crippen LogP contribution in [-0.4, -0.2) is 9.55 Å². The summed E-state index contributed by atoms with van der Waals surface area (Å²) in [4.78, 5) is 4.06. The molecule has 1 aromatic carbocycles. The van der Waals surface area contributed by atoms with Gasteiger partial charge in [0.25, 0.3) is 0 Å². The molecule has 19 heavy (non-hydrogen) atoms. The summed E-state index contributed by atoms with van der Waals surface area (Å²) in [5, 5.41) is 7.32. The molecule has 1 atom stereocenters. The summed E-state index contributed by atoms with van der Waals surface area (Å²) in [6, 6.07) is 10.4. The van der Waals surface area contributed by atoms with E-state index in [2.05, 4.69) is 16.5 Å². The molecule has 2 heterocycles. The predicted molar refractivity (Wildman–Crippen MR) is 72.9 cm³/mol. The molecule has 0 spiro atoms. The summed E-state index contributed by atoms with van der Waals surface area (Å²) < 4.78 is 14.2. The Bertz CT molecular complexity index is 514. The molecule has 0 bridgehead atoms. The lowest BCUT2D eigenvalue weighted by Gasteiger charge is -2.02. The normalized spacial score (nSPS) is 15.2. The summed E-state index contributed by atoms with van der Waals surface area (Å²) >= 11 is 0. The van der Waals surface area contributed by atoms with Crippen molar-refractivity contribution in [1.82, 2.24) is 9.55 Å². The van der Waals surface area contributed by atoms with Gasteiger partial charge in [-0.15, -0.1) is 0 Å². The minimum atomic E-state index is -0.178. The van der Waals surface area contributed by atoms with Crippen molar-refractivity contribution in [2.45, 2.75) is 32.7 Å². The van der Waals surface area contributed by atoms with Gasteiger partial charge in [0.1, 0.15) is 5.82 Å². The highest BCUT2D eigenvalue weighted by molar-refractivity contribution is 5.05. The number of nitriles is 1. The number of fused-ring (bicyclic) bond motifs is 1. The predicted octanol–water partition coefficient (Wildman–Crippen LogP) is 3.75. The molecule has 2 aromatic rings. The first-order valence-electron chi connectivity index (χ1n) is 6.21. The molecule has 0 aliphatic carbocycles. The second-order valence-electron chi connectivity index (χ2n) is 4.20. The minimum absolute atomic E-state index is 0.178. The van der Waals surface area contributed by atoms with Gasteiger partial charge in [0.05, 0.1) is 12.4 Å². The quantitative estimate of drug-likeness (QED) is 0.723. The first-order chi connectivity index (χ1) is 9.19. The van der Waals surface area contributed by atoms with E-state index in [1.807, 2.05) is 12.5 Å². The Balaban J connectivity index is 0.000000162. The molecule has 3 rings (SSSR count). The van der Waals surface area contributed by atoms with Crippen LogP contribution in [0, 0.1) is 17.1 Å². The van der Waals surface area contributed by atoms with E-state index in [9.17, 15) is 4.39 Å². The van der Waals surface area contributed by atoms with Crippen molar-refractivity contribution in [3.05, 3.63) is 54.4 Å². The average Bonchev–Trinajstić information content (AvgIpc) is 2.98. The molecule has 1 aromatic heterocycles. The number of hydrogen-bond donors (Lipinski definition) is 0. The van der Waals surface area contributed by atoms with Crippen LogP contribution in [0.3, 0.4) is 0 Å². The van der Waals surface area contributed by atoms with Crippen LogP contribution in [0.5, 0.6) is 0 Å². The van der Waals surface area contributed by atoms with Crippen molar-refractivity contribution in [3.63, 3.8) is 0 Å². The third kappa shape index (κ3) is 4.92. The van der Waals surface area contributed by atoms with Crippen LogP contribution >= 0.6 is 0 Å². The maximum atomic E-state index is 11.9. The van der Waals surface area contributed by atoms with Gasteiger partial charge < -0.3 is 4.57 Å². The molecule has 3 nitrogen and oxygen atoms in total. The van der Waals surface area contributed by atoms with Gasteiger partial charge >= 0.3 is 0 Å². The average molecular weight is 259 g/mol. The molecule has 0 saturated heterocycles. The molecule has 1 aliphatic rings. The molecule has 1 unspecified atom stereocenters. The lowest BCUT2D eigenvalue weighted by molar-refractivity contribution is 0.577. The molecule has 0 N–H and O–H groups in total. The highest BCUT2D eigenvalue weighted by Crippen LogP contribution is 2.23. The molecular formula is C15H18FN3. The lowest BCUT2D eigenvalue weighted by atomic mass is 10.2. The summed E-state index contributed by atoms with van der Waals surface area (Å²) in [6.07, 6.45) is 6.38. The number of aromatic nitrogens is 2. The molecule has 0 fully saturated rings. The SMILES string of the molecule is CC#N.CC1CCc2cncn21.Fc1ccccc1. The first-order valence-corrected chi connectivity index (χ1v) is 6.21. The van der Waals surface area contributed by atoms with Gasteiger partial charge in [-0.05, 0) is 31.9 Å². The molecule has 0 saturated carbocycles. The monoisotopic (exact) mass is 259 g/mol. The Morgan fingerprint density at radius 1 is 1.37 bits per heavy atom. The maximum Gasteiger partial charge on any atom is 0.123 e.